The van der Waals surface area contributed by atoms with Gasteiger partial charge in [0.1, 0.15) is 0 Å². The molecule has 3 atom stereocenters. The van der Waals surface area contributed by atoms with E-state index in [1.165, 1.54) is 36.8 Å². The molecule has 0 aliphatic carbocycles. The Morgan fingerprint density at radius 2 is 1.82 bits per heavy atom. The minimum Gasteiger partial charge on any atom is -0.370 e. The van der Waals surface area contributed by atoms with Gasteiger partial charge in [-0.25, -0.2) is 0 Å². The van der Waals surface area contributed by atoms with Crippen molar-refractivity contribution in [3.63, 3.8) is 0 Å². The van der Waals surface area contributed by atoms with Gasteiger partial charge < -0.3 is 4.74 Å². The molecule has 0 N–H and O–H groups in total. The van der Waals surface area contributed by atoms with Gasteiger partial charge in [-0.2, -0.15) is 0 Å². The third-order valence-electron chi connectivity index (χ3n) is 3.84. The van der Waals surface area contributed by atoms with Gasteiger partial charge in [0.25, 0.3) is 0 Å². The number of hydrogen-bond donors (Lipinski definition) is 0. The van der Waals surface area contributed by atoms with Gasteiger partial charge in [-0.1, -0.05) is 44.5 Å². The molecule has 1 aliphatic rings. The van der Waals surface area contributed by atoms with Gasteiger partial charge in [0, 0.05) is 0 Å². The van der Waals surface area contributed by atoms with Crippen molar-refractivity contribution >= 4 is 0 Å². The lowest BCUT2D eigenvalue weighted by Gasteiger charge is -2.14. The number of ether oxygens (including phenoxy) is 1. The highest BCUT2D eigenvalue weighted by Gasteiger charge is 2.35. The fourth-order valence-electron chi connectivity index (χ4n) is 2.54. The fourth-order valence-corrected chi connectivity index (χ4v) is 2.54. The predicted octanol–water partition coefficient (Wildman–Crippen LogP) is 4.31. The van der Waals surface area contributed by atoms with Crippen LogP contribution >= 0.6 is 0 Å². The van der Waals surface area contributed by atoms with E-state index >= 15 is 0 Å². The van der Waals surface area contributed by atoms with E-state index in [9.17, 15) is 0 Å². The second kappa shape index (κ2) is 5.68. The van der Waals surface area contributed by atoms with E-state index < -0.39 is 0 Å². The summed E-state index contributed by atoms with van der Waals surface area (Å²) in [6.45, 7) is 6.67. The first-order valence-corrected chi connectivity index (χ1v) is 6.98. The Bertz CT molecular complexity index is 341. The van der Waals surface area contributed by atoms with E-state index in [2.05, 4.69) is 45.0 Å². The maximum atomic E-state index is 5.53. The highest BCUT2D eigenvalue weighted by Crippen LogP contribution is 2.34. The Balaban J connectivity index is 1.98. The highest BCUT2D eigenvalue weighted by molar-refractivity contribution is 5.25. The van der Waals surface area contributed by atoms with Crippen LogP contribution in [0.3, 0.4) is 0 Å². The molecule has 0 bridgehead atoms. The number of rotatable bonds is 6. The van der Waals surface area contributed by atoms with Crippen LogP contribution in [-0.2, 0) is 11.2 Å². The van der Waals surface area contributed by atoms with Crippen molar-refractivity contribution in [2.45, 2.75) is 64.6 Å². The summed E-state index contributed by atoms with van der Waals surface area (Å²) < 4.78 is 5.53. The zero-order chi connectivity index (χ0) is 12.3. The van der Waals surface area contributed by atoms with E-state index in [1.54, 1.807) is 0 Å². The quantitative estimate of drug-likeness (QED) is 0.666. The summed E-state index contributed by atoms with van der Waals surface area (Å²) in [6.07, 6.45) is 5.81. The zero-order valence-corrected chi connectivity index (χ0v) is 11.3. The molecule has 1 nitrogen and oxygen atoms in total. The molecule has 3 unspecified atom stereocenters. The van der Waals surface area contributed by atoms with E-state index in [0.717, 1.165) is 0 Å². The average molecular weight is 232 g/mol. The van der Waals surface area contributed by atoms with Gasteiger partial charge >= 0.3 is 0 Å². The summed E-state index contributed by atoms with van der Waals surface area (Å²) in [5, 5.41) is 0. The van der Waals surface area contributed by atoms with Crippen LogP contribution in [0.2, 0.25) is 0 Å². The van der Waals surface area contributed by atoms with Gasteiger partial charge in [-0.3, -0.25) is 0 Å². The molecule has 17 heavy (non-hydrogen) atoms. The summed E-state index contributed by atoms with van der Waals surface area (Å²) in [4.78, 5) is 0. The molecule has 1 aliphatic heterocycles. The fraction of sp³-hybridized carbons (Fsp3) is 0.625. The Kier molecular flexibility index (Phi) is 4.22. The SMILES string of the molecule is CCCc1ccc(C(CC)CC2OC2C)cc1. The molecule has 0 amide bonds. The summed E-state index contributed by atoms with van der Waals surface area (Å²) in [5.41, 5.74) is 2.94. The van der Waals surface area contributed by atoms with Crippen molar-refractivity contribution in [1.82, 2.24) is 0 Å². The average Bonchev–Trinajstić information content (AvgIpc) is 3.04. The van der Waals surface area contributed by atoms with E-state index in [-0.39, 0.29) is 0 Å². The largest absolute Gasteiger partial charge is 0.370 e. The lowest BCUT2D eigenvalue weighted by molar-refractivity contribution is 0.357. The predicted molar refractivity (Wildman–Crippen MR) is 72.4 cm³/mol. The van der Waals surface area contributed by atoms with Gasteiger partial charge in [0.05, 0.1) is 12.2 Å². The molecule has 1 aromatic carbocycles. The molecular weight excluding hydrogens is 208 g/mol. The second-order valence-corrected chi connectivity index (χ2v) is 5.21. The molecule has 1 fully saturated rings. The molecule has 0 aromatic heterocycles. The first kappa shape index (κ1) is 12.6. The van der Waals surface area contributed by atoms with Crippen LogP contribution in [0.15, 0.2) is 24.3 Å². The van der Waals surface area contributed by atoms with Crippen molar-refractivity contribution in [2.24, 2.45) is 0 Å². The highest BCUT2D eigenvalue weighted by atomic mass is 16.6. The maximum Gasteiger partial charge on any atom is 0.0844 e. The van der Waals surface area contributed by atoms with Gasteiger partial charge in [0.15, 0.2) is 0 Å². The Morgan fingerprint density at radius 1 is 1.18 bits per heavy atom. The maximum absolute atomic E-state index is 5.53. The van der Waals surface area contributed by atoms with Crippen LogP contribution in [0, 0.1) is 0 Å². The number of epoxide rings is 1. The summed E-state index contributed by atoms with van der Waals surface area (Å²) in [7, 11) is 0. The first-order valence-electron chi connectivity index (χ1n) is 6.98. The minimum absolute atomic E-state index is 0.489. The lowest BCUT2D eigenvalue weighted by atomic mass is 9.90. The zero-order valence-electron chi connectivity index (χ0n) is 11.3. The Hall–Kier alpha value is -0.820. The smallest absolute Gasteiger partial charge is 0.0844 e. The molecule has 0 saturated carbocycles. The van der Waals surface area contributed by atoms with E-state index in [1.807, 2.05) is 0 Å². The van der Waals surface area contributed by atoms with Crippen molar-refractivity contribution in [3.05, 3.63) is 35.4 Å². The third-order valence-corrected chi connectivity index (χ3v) is 3.84. The van der Waals surface area contributed by atoms with Gasteiger partial charge in [-0.15, -0.1) is 0 Å². The van der Waals surface area contributed by atoms with E-state index in [0.29, 0.717) is 18.1 Å². The first-order chi connectivity index (χ1) is 8.24. The van der Waals surface area contributed by atoms with E-state index in [4.69, 9.17) is 4.74 Å². The topological polar surface area (TPSA) is 12.5 Å². The van der Waals surface area contributed by atoms with Crippen LogP contribution in [0.25, 0.3) is 0 Å². The molecule has 94 valence electrons. The van der Waals surface area contributed by atoms with Gasteiger partial charge in [-0.05, 0) is 43.2 Å². The monoisotopic (exact) mass is 232 g/mol. The summed E-state index contributed by atoms with van der Waals surface area (Å²) in [6, 6.07) is 9.20. The van der Waals surface area contributed by atoms with Crippen LogP contribution in [-0.4, -0.2) is 12.2 Å². The van der Waals surface area contributed by atoms with Crippen molar-refractivity contribution < 1.29 is 4.74 Å². The van der Waals surface area contributed by atoms with Crippen molar-refractivity contribution in [1.29, 1.82) is 0 Å². The van der Waals surface area contributed by atoms with Crippen LogP contribution in [0.1, 0.15) is 57.1 Å². The molecule has 2 rings (SSSR count). The van der Waals surface area contributed by atoms with Gasteiger partial charge in [0.2, 0.25) is 0 Å². The van der Waals surface area contributed by atoms with Crippen LogP contribution < -0.4 is 0 Å². The molecule has 0 spiro atoms. The Labute approximate surface area is 105 Å². The Morgan fingerprint density at radius 3 is 2.29 bits per heavy atom. The molecule has 1 heterocycles. The van der Waals surface area contributed by atoms with Crippen molar-refractivity contribution in [3.8, 4) is 0 Å². The summed E-state index contributed by atoms with van der Waals surface area (Å²) >= 11 is 0. The van der Waals surface area contributed by atoms with Crippen LogP contribution in [0.5, 0.6) is 0 Å². The second-order valence-electron chi connectivity index (χ2n) is 5.21. The lowest BCUT2D eigenvalue weighted by Crippen LogP contribution is -2.03. The minimum atomic E-state index is 0.489. The van der Waals surface area contributed by atoms with Crippen LogP contribution in [0.4, 0.5) is 0 Å². The molecule has 1 aromatic rings. The molecule has 1 saturated heterocycles. The number of aryl methyl sites for hydroxylation is 1. The number of hydrogen-bond acceptors (Lipinski definition) is 1. The summed E-state index contributed by atoms with van der Waals surface area (Å²) in [5.74, 6) is 0.667. The third kappa shape index (κ3) is 3.32. The standard InChI is InChI=1S/C16H24O/c1-4-6-13-7-9-15(10-8-13)14(5-2)11-16-12(3)17-16/h7-10,12,14,16H,4-6,11H2,1-3H3. The van der Waals surface area contributed by atoms with Crippen molar-refractivity contribution in [2.75, 3.05) is 0 Å². The molecule has 1 heteroatoms. The number of benzene rings is 1. The normalized spacial score (nSPS) is 24.6. The molecule has 0 radical (unpaired) electrons. The molecular formula is C16H24O.